The van der Waals surface area contributed by atoms with Crippen LogP contribution < -0.4 is 10.6 Å². The van der Waals surface area contributed by atoms with Crippen molar-refractivity contribution in [2.75, 3.05) is 23.7 Å². The lowest BCUT2D eigenvalue weighted by atomic mass is 10.2. The number of rotatable bonds is 6. The number of likely N-dealkylation sites (tertiary alicyclic amines) is 1. The van der Waals surface area contributed by atoms with Gasteiger partial charge in [0.1, 0.15) is 6.33 Å². The number of halogens is 2. The van der Waals surface area contributed by atoms with Crippen LogP contribution >= 0.6 is 0 Å². The van der Waals surface area contributed by atoms with Gasteiger partial charge in [-0.1, -0.05) is 0 Å². The molecule has 5 rings (SSSR count). The minimum absolute atomic E-state index is 0.0754. The molecule has 1 aliphatic heterocycles. The number of carbonyl (C=O) groups is 2. The maximum absolute atomic E-state index is 13.6. The molecule has 0 aromatic carbocycles. The summed E-state index contributed by atoms with van der Waals surface area (Å²) >= 11 is 0. The van der Waals surface area contributed by atoms with Crippen molar-refractivity contribution in [1.82, 2.24) is 29.6 Å². The summed E-state index contributed by atoms with van der Waals surface area (Å²) in [6.45, 7) is -0.748. The van der Waals surface area contributed by atoms with Crippen molar-refractivity contribution in [2.45, 2.75) is 31.1 Å². The largest absolute Gasteiger partial charge is 0.351 e. The van der Waals surface area contributed by atoms with Crippen molar-refractivity contribution in [3.8, 4) is 0 Å². The molecule has 0 unspecified atom stereocenters. The minimum Gasteiger partial charge on any atom is -0.351 e. The van der Waals surface area contributed by atoms with Crippen LogP contribution in [-0.4, -0.2) is 60.5 Å². The van der Waals surface area contributed by atoms with Crippen molar-refractivity contribution >= 4 is 28.9 Å². The van der Waals surface area contributed by atoms with E-state index < -0.39 is 30.7 Å². The second-order valence-corrected chi connectivity index (χ2v) is 8.51. The number of aryl methyl sites for hydroxylation is 1. The molecule has 10 nitrogen and oxygen atoms in total. The molecule has 0 atom stereocenters. The van der Waals surface area contributed by atoms with E-state index in [1.807, 2.05) is 6.07 Å². The van der Waals surface area contributed by atoms with Gasteiger partial charge in [0, 0.05) is 37.8 Å². The third-order valence-corrected chi connectivity index (χ3v) is 5.70. The summed E-state index contributed by atoms with van der Waals surface area (Å²) in [7, 11) is 1.58. The Morgan fingerprint density at radius 2 is 1.88 bits per heavy atom. The third kappa shape index (κ3) is 4.56. The monoisotopic (exact) mass is 468 g/mol. The number of alkyl halides is 2. The fourth-order valence-corrected chi connectivity index (χ4v) is 3.85. The van der Waals surface area contributed by atoms with Crippen LogP contribution in [0.4, 0.5) is 25.8 Å². The van der Waals surface area contributed by atoms with Crippen molar-refractivity contribution < 1.29 is 18.4 Å². The van der Waals surface area contributed by atoms with Crippen LogP contribution in [0.5, 0.6) is 0 Å². The van der Waals surface area contributed by atoms with Gasteiger partial charge in [-0.25, -0.2) is 23.7 Å². The van der Waals surface area contributed by atoms with Crippen LogP contribution in [0.25, 0.3) is 0 Å². The molecule has 3 aromatic heterocycles. The fourth-order valence-electron chi connectivity index (χ4n) is 3.85. The average molecular weight is 468 g/mol. The van der Waals surface area contributed by atoms with E-state index in [0.29, 0.717) is 17.3 Å². The smallest absolute Gasteiger partial charge is 0.276 e. The predicted octanol–water partition coefficient (Wildman–Crippen LogP) is 2.96. The van der Waals surface area contributed by atoms with Gasteiger partial charge >= 0.3 is 0 Å². The highest BCUT2D eigenvalue weighted by molar-refractivity contribution is 6.10. The van der Waals surface area contributed by atoms with Crippen molar-refractivity contribution in [1.29, 1.82) is 0 Å². The lowest BCUT2D eigenvalue weighted by Gasteiger charge is -2.16. The van der Waals surface area contributed by atoms with Gasteiger partial charge in [-0.15, -0.1) is 0 Å². The number of nitrogens with zero attached hydrogens (tertiary/aromatic N) is 6. The summed E-state index contributed by atoms with van der Waals surface area (Å²) in [4.78, 5) is 39.7. The third-order valence-electron chi connectivity index (χ3n) is 5.70. The zero-order valence-corrected chi connectivity index (χ0v) is 18.3. The van der Waals surface area contributed by atoms with Crippen molar-refractivity contribution in [2.24, 2.45) is 7.05 Å². The van der Waals surface area contributed by atoms with E-state index in [4.69, 9.17) is 0 Å². The maximum atomic E-state index is 13.6. The van der Waals surface area contributed by atoms with Gasteiger partial charge in [0.15, 0.2) is 11.4 Å². The lowest BCUT2D eigenvalue weighted by Crippen LogP contribution is -2.32. The van der Waals surface area contributed by atoms with Crippen LogP contribution in [-0.2, 0) is 7.05 Å². The first-order valence-electron chi connectivity index (χ1n) is 10.8. The zero-order chi connectivity index (χ0) is 23.9. The van der Waals surface area contributed by atoms with Crippen LogP contribution in [0, 0.1) is 0 Å². The van der Waals surface area contributed by atoms with E-state index >= 15 is 0 Å². The van der Waals surface area contributed by atoms with Crippen molar-refractivity contribution in [3.05, 3.63) is 54.1 Å². The summed E-state index contributed by atoms with van der Waals surface area (Å²) in [6.07, 6.45) is 7.60. The molecule has 0 bridgehead atoms. The molecule has 0 spiro atoms. The maximum Gasteiger partial charge on any atom is 0.276 e. The van der Waals surface area contributed by atoms with E-state index in [1.54, 1.807) is 25.5 Å². The first-order valence-corrected chi connectivity index (χ1v) is 10.8. The molecule has 34 heavy (non-hydrogen) atoms. The number of carbonyl (C=O) groups excluding carboxylic acids is 2. The van der Waals surface area contributed by atoms with Crippen LogP contribution in [0.2, 0.25) is 0 Å². The molecule has 176 valence electrons. The Balaban J connectivity index is 1.42. The molecular formula is C22H22F2N8O2. The zero-order valence-electron chi connectivity index (χ0n) is 18.3. The molecule has 2 fully saturated rings. The number of hydrogen-bond donors (Lipinski definition) is 2. The molecule has 2 amide bonds. The summed E-state index contributed by atoms with van der Waals surface area (Å²) in [6, 6.07) is 3.64. The van der Waals surface area contributed by atoms with E-state index in [1.165, 1.54) is 17.2 Å². The molecule has 1 aliphatic carbocycles. The number of amides is 2. The Kier molecular flexibility index (Phi) is 5.42. The number of hydrogen-bond acceptors (Lipinski definition) is 7. The number of nitrogens with one attached hydrogen (secondary N) is 2. The SMILES string of the molecule is Cn1cc(NC(=O)c2nc(C3CC3)ccc2Nc2cncnc2)c(C(=O)N2CCC(F)(F)C2)n1. The predicted molar refractivity (Wildman–Crippen MR) is 118 cm³/mol. The second-order valence-electron chi connectivity index (χ2n) is 8.51. The van der Waals surface area contributed by atoms with Gasteiger partial charge in [-0.2, -0.15) is 5.10 Å². The first kappa shape index (κ1) is 21.9. The Hall–Kier alpha value is -3.96. The van der Waals surface area contributed by atoms with Crippen LogP contribution in [0.3, 0.4) is 0 Å². The Labute approximate surface area is 193 Å². The molecule has 4 heterocycles. The van der Waals surface area contributed by atoms with Gasteiger partial charge in [0.05, 0.1) is 36.0 Å². The minimum atomic E-state index is -2.93. The summed E-state index contributed by atoms with van der Waals surface area (Å²) in [5.41, 5.74) is 1.97. The second kappa shape index (κ2) is 8.43. The topological polar surface area (TPSA) is 118 Å². The fraction of sp³-hybridized carbons (Fsp3) is 0.364. The van der Waals surface area contributed by atoms with Gasteiger partial charge in [0.25, 0.3) is 17.7 Å². The van der Waals surface area contributed by atoms with Crippen molar-refractivity contribution in [3.63, 3.8) is 0 Å². The molecule has 12 heteroatoms. The van der Waals surface area contributed by atoms with E-state index in [2.05, 4.69) is 30.7 Å². The van der Waals surface area contributed by atoms with Gasteiger partial charge < -0.3 is 15.5 Å². The van der Waals surface area contributed by atoms with Crippen LogP contribution in [0.15, 0.2) is 37.1 Å². The Bertz CT molecular complexity index is 1240. The Morgan fingerprint density at radius 1 is 1.12 bits per heavy atom. The normalized spacial score (nSPS) is 17.0. The number of anilines is 3. The van der Waals surface area contributed by atoms with E-state index in [9.17, 15) is 18.4 Å². The Morgan fingerprint density at radius 3 is 2.56 bits per heavy atom. The molecule has 1 saturated carbocycles. The first-order chi connectivity index (χ1) is 16.3. The number of aromatic nitrogens is 5. The highest BCUT2D eigenvalue weighted by Gasteiger charge is 2.41. The van der Waals surface area contributed by atoms with Gasteiger partial charge in [0.2, 0.25) is 0 Å². The number of pyridine rings is 1. The van der Waals surface area contributed by atoms with E-state index in [0.717, 1.165) is 23.4 Å². The molecule has 2 N–H and O–H groups in total. The summed E-state index contributed by atoms with van der Waals surface area (Å²) in [5, 5.41) is 9.90. The van der Waals surface area contributed by atoms with Gasteiger partial charge in [-0.05, 0) is 25.0 Å². The average Bonchev–Trinajstić information content (AvgIpc) is 3.51. The highest BCUT2D eigenvalue weighted by atomic mass is 19.3. The van der Waals surface area contributed by atoms with Crippen LogP contribution in [0.1, 0.15) is 51.9 Å². The highest BCUT2D eigenvalue weighted by Crippen LogP contribution is 2.40. The van der Waals surface area contributed by atoms with Gasteiger partial charge in [-0.3, -0.25) is 14.3 Å². The summed E-state index contributed by atoms with van der Waals surface area (Å²) in [5.74, 6) is -3.83. The standard InChI is InChI=1S/C22H22F2N8O2/c1-31-10-17(19(30-31)21(34)32-7-6-22(23,24)11-32)29-20(33)18-16(27-14-8-25-12-26-9-14)5-4-15(28-18)13-2-3-13/h4-5,8-10,12-13,27H,2-3,6-7,11H2,1H3,(H,29,33). The molecule has 1 saturated heterocycles. The molecule has 0 radical (unpaired) electrons. The molecule has 3 aromatic rings. The molecule has 2 aliphatic rings. The lowest BCUT2D eigenvalue weighted by molar-refractivity contribution is 0.0119. The summed E-state index contributed by atoms with van der Waals surface area (Å²) < 4.78 is 28.6. The quantitative estimate of drug-likeness (QED) is 0.571. The molecular weight excluding hydrogens is 446 g/mol. The van der Waals surface area contributed by atoms with E-state index in [-0.39, 0.29) is 23.6 Å².